The molecular weight excluding hydrogens is 494 g/mol. The summed E-state index contributed by atoms with van der Waals surface area (Å²) in [4.78, 5) is 0. The van der Waals surface area contributed by atoms with Crippen LogP contribution >= 0.6 is 0 Å². The van der Waals surface area contributed by atoms with Crippen molar-refractivity contribution in [2.45, 2.75) is 38.5 Å². The third-order valence-corrected chi connectivity index (χ3v) is 10.1. The fourth-order valence-electron chi connectivity index (χ4n) is 6.12. The van der Waals surface area contributed by atoms with E-state index in [0.29, 0.717) is 45.4 Å². The predicted octanol–water partition coefficient (Wildman–Crippen LogP) is 5.31. The molecule has 0 spiro atoms. The second-order valence-corrected chi connectivity index (χ2v) is 12.4. The third kappa shape index (κ3) is 4.58. The van der Waals surface area contributed by atoms with E-state index < -0.39 is 16.0 Å². The number of hydrogen-bond acceptors (Lipinski definition) is 2. The number of halogens is 2. The number of hydrogen-bond donors (Lipinski definition) is 1. The van der Waals surface area contributed by atoms with Crippen molar-refractivity contribution in [1.29, 1.82) is 0 Å². The Morgan fingerprint density at radius 2 is 1.59 bits per heavy atom. The van der Waals surface area contributed by atoms with Crippen molar-refractivity contribution in [3.63, 3.8) is 0 Å². The molecule has 2 aliphatic heterocycles. The van der Waals surface area contributed by atoms with Crippen molar-refractivity contribution in [2.24, 2.45) is 5.41 Å². The molecule has 0 saturated carbocycles. The van der Waals surface area contributed by atoms with Crippen LogP contribution in [0.5, 0.6) is 0 Å². The number of rotatable bonds is 5. The third-order valence-electron chi connectivity index (χ3n) is 8.03. The van der Waals surface area contributed by atoms with Gasteiger partial charge < -0.3 is 0 Å². The maximum atomic E-state index is 13.8. The lowest BCUT2D eigenvalue weighted by Crippen LogP contribution is -2.57. The van der Waals surface area contributed by atoms with E-state index in [-0.39, 0.29) is 11.6 Å². The minimum absolute atomic E-state index is 0.280. The van der Waals surface area contributed by atoms with Crippen LogP contribution in [-0.4, -0.2) is 49.1 Å². The zero-order chi connectivity index (χ0) is 25.6. The monoisotopic (exact) mass is 525 g/mol. The quantitative estimate of drug-likeness (QED) is 0.459. The SMILES string of the molecule is O=[S+](O)(N1CCCCC1)N1CCC2=Cc3c(cnn3-c3ccc(F)cc3)CC2(Cc2ccc(F)cc2)C1. The summed E-state index contributed by atoms with van der Waals surface area (Å²) in [6.07, 6.45) is 8.90. The summed E-state index contributed by atoms with van der Waals surface area (Å²) in [5, 5.41) is 4.62. The highest BCUT2D eigenvalue weighted by molar-refractivity contribution is 7.93. The molecule has 9 heteroatoms. The molecule has 3 aliphatic rings. The molecule has 0 radical (unpaired) electrons. The topological polar surface area (TPSA) is 61.6 Å². The number of nitrogens with zero attached hydrogens (tertiary/aromatic N) is 4. The first-order valence-corrected chi connectivity index (χ1v) is 14.3. The molecule has 194 valence electrons. The maximum Gasteiger partial charge on any atom is 0.375 e. The summed E-state index contributed by atoms with van der Waals surface area (Å²) in [6.45, 7) is 2.19. The van der Waals surface area contributed by atoms with Gasteiger partial charge in [0.2, 0.25) is 0 Å². The second-order valence-electron chi connectivity index (χ2n) is 10.4. The van der Waals surface area contributed by atoms with Crippen molar-refractivity contribution >= 4 is 16.7 Å². The van der Waals surface area contributed by atoms with Crippen molar-refractivity contribution in [3.05, 3.63) is 88.8 Å². The van der Waals surface area contributed by atoms with Crippen LogP contribution in [0.2, 0.25) is 0 Å². The molecule has 3 aromatic rings. The van der Waals surface area contributed by atoms with Gasteiger partial charge in [-0.1, -0.05) is 32.7 Å². The Hall–Kier alpha value is -2.72. The number of benzene rings is 2. The summed E-state index contributed by atoms with van der Waals surface area (Å²) in [5.41, 5.74) is 4.57. The molecule has 6 nitrogen and oxygen atoms in total. The Balaban J connectivity index is 1.38. The molecule has 1 N–H and O–H groups in total. The molecule has 1 aliphatic carbocycles. The van der Waals surface area contributed by atoms with Crippen molar-refractivity contribution in [3.8, 4) is 5.69 Å². The van der Waals surface area contributed by atoms with Gasteiger partial charge in [0.1, 0.15) is 11.6 Å². The van der Waals surface area contributed by atoms with Crippen LogP contribution in [0, 0.1) is 17.0 Å². The van der Waals surface area contributed by atoms with Crippen molar-refractivity contribution in [1.82, 2.24) is 18.4 Å². The van der Waals surface area contributed by atoms with E-state index >= 15 is 0 Å². The Labute approximate surface area is 217 Å². The van der Waals surface area contributed by atoms with Gasteiger partial charge in [0.25, 0.3) is 0 Å². The van der Waals surface area contributed by atoms with Gasteiger partial charge in [0, 0.05) is 18.5 Å². The van der Waals surface area contributed by atoms with Crippen molar-refractivity contribution < 1.29 is 17.5 Å². The Morgan fingerprint density at radius 1 is 0.919 bits per heavy atom. The van der Waals surface area contributed by atoms with Crippen LogP contribution in [0.15, 0.2) is 60.3 Å². The summed E-state index contributed by atoms with van der Waals surface area (Å²) >= 11 is 0. The zero-order valence-electron chi connectivity index (χ0n) is 20.7. The molecular formula is C28H31F2N4O2S+. The highest BCUT2D eigenvalue weighted by Crippen LogP contribution is 2.47. The minimum atomic E-state index is -3.32. The van der Waals surface area contributed by atoms with Gasteiger partial charge >= 0.3 is 10.6 Å². The Kier molecular flexibility index (Phi) is 6.35. The zero-order valence-corrected chi connectivity index (χ0v) is 21.5. The fraction of sp³-hybridized carbons (Fsp3) is 0.393. The molecule has 2 atom stereocenters. The Morgan fingerprint density at radius 3 is 2.30 bits per heavy atom. The van der Waals surface area contributed by atoms with Gasteiger partial charge in [0.15, 0.2) is 0 Å². The highest BCUT2D eigenvalue weighted by atomic mass is 32.3. The fourth-order valence-corrected chi connectivity index (χ4v) is 7.92. The molecule has 3 heterocycles. The first-order chi connectivity index (χ1) is 17.8. The smallest absolute Gasteiger partial charge is 0.233 e. The van der Waals surface area contributed by atoms with Crippen LogP contribution in [-0.2, 0) is 27.6 Å². The standard InChI is InChI=1S/C28H30F2N4O2S/c29-24-6-4-21(5-7-24)17-28-18-22-19-31-34(26-10-8-25(30)9-11-26)27(22)16-23(28)12-15-33(20-28)37(35,36)32-13-2-1-3-14-32/h4-11,16,19H,1-3,12-15,17-18,20H2/p+1. The first kappa shape index (κ1) is 24.6. The molecule has 2 unspecified atom stereocenters. The molecule has 2 aromatic carbocycles. The molecule has 2 fully saturated rings. The lowest BCUT2D eigenvalue weighted by Gasteiger charge is -2.45. The predicted molar refractivity (Wildman–Crippen MR) is 140 cm³/mol. The van der Waals surface area contributed by atoms with Gasteiger partial charge in [-0.3, -0.25) is 0 Å². The summed E-state index contributed by atoms with van der Waals surface area (Å²) in [6, 6.07) is 12.8. The lowest BCUT2D eigenvalue weighted by atomic mass is 9.66. The normalized spacial score (nSPS) is 24.1. The van der Waals surface area contributed by atoms with E-state index in [1.54, 1.807) is 32.9 Å². The summed E-state index contributed by atoms with van der Waals surface area (Å²) in [5.74, 6) is -0.576. The van der Waals surface area contributed by atoms with E-state index in [1.165, 1.54) is 29.8 Å². The van der Waals surface area contributed by atoms with Crippen molar-refractivity contribution in [2.75, 3.05) is 26.2 Å². The van der Waals surface area contributed by atoms with Crippen LogP contribution in [0.1, 0.15) is 42.5 Å². The van der Waals surface area contributed by atoms with E-state index in [4.69, 9.17) is 0 Å². The van der Waals surface area contributed by atoms with E-state index in [0.717, 1.165) is 41.8 Å². The van der Waals surface area contributed by atoms with Crippen LogP contribution in [0.25, 0.3) is 11.8 Å². The van der Waals surface area contributed by atoms with E-state index in [1.807, 2.05) is 10.9 Å². The molecule has 6 rings (SSSR count). The van der Waals surface area contributed by atoms with Gasteiger partial charge in [-0.15, -0.1) is 0 Å². The summed E-state index contributed by atoms with van der Waals surface area (Å²) in [7, 11) is -3.32. The average Bonchev–Trinajstić information content (AvgIpc) is 3.31. The Bertz CT molecular complexity index is 1370. The number of fused-ring (bicyclic) bond motifs is 2. The van der Waals surface area contributed by atoms with Crippen LogP contribution in [0.4, 0.5) is 8.78 Å². The highest BCUT2D eigenvalue weighted by Gasteiger charge is 2.52. The minimum Gasteiger partial charge on any atom is -0.233 e. The number of piperidine rings is 2. The molecule has 1 aromatic heterocycles. The first-order valence-electron chi connectivity index (χ1n) is 12.9. The largest absolute Gasteiger partial charge is 0.375 e. The summed E-state index contributed by atoms with van der Waals surface area (Å²) < 4.78 is 57.6. The van der Waals surface area contributed by atoms with Gasteiger partial charge in [-0.25, -0.2) is 13.5 Å². The molecule has 0 amide bonds. The van der Waals surface area contributed by atoms with Gasteiger partial charge in [-0.2, -0.15) is 9.65 Å². The van der Waals surface area contributed by atoms with E-state index in [2.05, 4.69) is 11.2 Å². The number of aromatic nitrogens is 2. The van der Waals surface area contributed by atoms with E-state index in [9.17, 15) is 17.5 Å². The van der Waals surface area contributed by atoms with Crippen LogP contribution in [0.3, 0.4) is 0 Å². The average molecular weight is 526 g/mol. The molecule has 2 saturated heterocycles. The second kappa shape index (κ2) is 9.54. The maximum absolute atomic E-state index is 13.8. The van der Waals surface area contributed by atoms with Gasteiger partial charge in [0.05, 0.1) is 30.7 Å². The lowest BCUT2D eigenvalue weighted by molar-refractivity contribution is 0.179. The van der Waals surface area contributed by atoms with Crippen LogP contribution < -0.4 is 0 Å². The molecule has 37 heavy (non-hydrogen) atoms. The molecule has 0 bridgehead atoms. The van der Waals surface area contributed by atoms with Gasteiger partial charge in [-0.05, 0) is 89.9 Å².